The second-order valence-corrected chi connectivity index (χ2v) is 5.79. The first-order chi connectivity index (χ1) is 8.06. The van der Waals surface area contributed by atoms with E-state index in [0.29, 0.717) is 6.61 Å². The van der Waals surface area contributed by atoms with Crippen molar-refractivity contribution >= 4 is 0 Å². The molecule has 0 saturated heterocycles. The van der Waals surface area contributed by atoms with E-state index in [1.54, 1.807) is 0 Å². The highest BCUT2D eigenvalue weighted by atomic mass is 16.7. The second kappa shape index (κ2) is 5.13. The Hall–Kier alpha value is -0.0800. The predicted octanol–water partition coefficient (Wildman–Crippen LogP) is 3.46. The van der Waals surface area contributed by atoms with Crippen molar-refractivity contribution in [2.45, 2.75) is 54.7 Å². The summed E-state index contributed by atoms with van der Waals surface area (Å²) in [6, 6.07) is 0. The lowest BCUT2D eigenvalue weighted by Gasteiger charge is -2.32. The van der Waals surface area contributed by atoms with Gasteiger partial charge in [-0.1, -0.05) is 41.5 Å². The average molecular weight is 208 g/mol. The van der Waals surface area contributed by atoms with E-state index in [1.165, 1.54) is 0 Å². The molecular formula is C12H26O2. The zero-order valence-electron chi connectivity index (χ0n) is 15.1. The molecule has 14 heavy (non-hydrogen) atoms. The fourth-order valence-corrected chi connectivity index (χ4v) is 0.840. The van der Waals surface area contributed by atoms with E-state index in [-0.39, 0.29) is 5.41 Å². The van der Waals surface area contributed by atoms with Gasteiger partial charge in [0.25, 0.3) is 0 Å². The van der Waals surface area contributed by atoms with E-state index >= 15 is 0 Å². The highest BCUT2D eigenvalue weighted by Crippen LogP contribution is 2.25. The van der Waals surface area contributed by atoms with Crippen molar-refractivity contribution in [1.29, 1.82) is 0 Å². The van der Waals surface area contributed by atoms with Gasteiger partial charge in [-0.25, -0.2) is 0 Å². The Bertz CT molecular complexity index is 286. The summed E-state index contributed by atoms with van der Waals surface area (Å²) in [5.41, 5.74) is -0.636. The second-order valence-electron chi connectivity index (χ2n) is 5.79. The summed E-state index contributed by atoms with van der Waals surface area (Å²) in [5, 5.41) is 0. The lowest BCUT2D eigenvalue weighted by molar-refractivity contribution is -0.202. The normalized spacial score (nSPS) is 22.9. The molecule has 0 rings (SSSR count). The molecule has 2 heteroatoms. The maximum absolute atomic E-state index is 7.52. The van der Waals surface area contributed by atoms with Gasteiger partial charge in [0.15, 0.2) is 6.29 Å². The van der Waals surface area contributed by atoms with Crippen molar-refractivity contribution in [2.75, 3.05) is 13.2 Å². The molecule has 0 fully saturated rings. The summed E-state index contributed by atoms with van der Waals surface area (Å²) in [6.07, 6.45) is -0.929. The SMILES string of the molecule is [1H]C([2H])([2H])C([3H])([3H])OC(OCC(C)(C)C)C(C)(C)C. The molecule has 0 aromatic carbocycles. The highest BCUT2D eigenvalue weighted by molar-refractivity contribution is 4.68. The molecule has 0 bridgehead atoms. The summed E-state index contributed by atoms with van der Waals surface area (Å²) >= 11 is 0. The fourth-order valence-electron chi connectivity index (χ4n) is 0.840. The summed E-state index contributed by atoms with van der Waals surface area (Å²) in [4.78, 5) is 0. The van der Waals surface area contributed by atoms with E-state index in [0.717, 1.165) is 0 Å². The number of hydrogen-bond acceptors (Lipinski definition) is 2. The molecule has 0 radical (unpaired) electrons. The van der Waals surface area contributed by atoms with E-state index in [1.807, 2.05) is 41.5 Å². The first kappa shape index (κ1) is 7.24. The van der Waals surface area contributed by atoms with Crippen LogP contribution in [0.5, 0.6) is 0 Å². The van der Waals surface area contributed by atoms with Gasteiger partial charge in [0.05, 0.1) is 9.35 Å². The first-order valence-corrected chi connectivity index (χ1v) is 4.86. The molecule has 1 atom stereocenters. The lowest BCUT2D eigenvalue weighted by Crippen LogP contribution is -2.34. The van der Waals surface area contributed by atoms with Crippen LogP contribution < -0.4 is 0 Å². The fraction of sp³-hybridized carbons (Fsp3) is 1.00. The Morgan fingerprint density at radius 3 is 2.29 bits per heavy atom. The van der Waals surface area contributed by atoms with Gasteiger partial charge in [-0.3, -0.25) is 0 Å². The van der Waals surface area contributed by atoms with E-state index in [9.17, 15) is 0 Å². The third-order valence-electron chi connectivity index (χ3n) is 1.54. The molecule has 0 N–H and O–H groups in total. The third kappa shape index (κ3) is 6.39. The van der Waals surface area contributed by atoms with Crippen LogP contribution in [0.25, 0.3) is 0 Å². The van der Waals surface area contributed by atoms with Gasteiger partial charge in [-0.2, -0.15) is 0 Å². The van der Waals surface area contributed by atoms with Gasteiger partial charge in [0, 0.05) is 16.1 Å². The van der Waals surface area contributed by atoms with Gasteiger partial charge in [-0.15, -0.1) is 0 Å². The van der Waals surface area contributed by atoms with Crippen LogP contribution in [0.2, 0.25) is 0 Å². The molecule has 0 spiro atoms. The van der Waals surface area contributed by atoms with Crippen molar-refractivity contribution in [3.8, 4) is 0 Å². The van der Waals surface area contributed by atoms with Gasteiger partial charge in [-0.05, 0) is 12.3 Å². The minimum absolute atomic E-state index is 0.112. The van der Waals surface area contributed by atoms with Crippen molar-refractivity contribution in [2.24, 2.45) is 10.8 Å². The van der Waals surface area contributed by atoms with Crippen LogP contribution in [0, 0.1) is 10.8 Å². The lowest BCUT2D eigenvalue weighted by atomic mass is 9.95. The van der Waals surface area contributed by atoms with Crippen molar-refractivity contribution < 1.29 is 16.3 Å². The van der Waals surface area contributed by atoms with Gasteiger partial charge in [0.2, 0.25) is 0 Å². The van der Waals surface area contributed by atoms with E-state index in [4.69, 9.17) is 16.3 Å². The molecule has 86 valence electrons. The highest BCUT2D eigenvalue weighted by Gasteiger charge is 2.27. The standard InChI is InChI=1S/C12H26O2/c1-8-13-10(12(5,6)7)14-9-11(2,3)4/h10H,8-9H2,1-7H3/i1D2H,8T2. The van der Waals surface area contributed by atoms with E-state index in [2.05, 4.69) is 0 Å². The molecular weight excluding hydrogens is 176 g/mol. The maximum Gasteiger partial charge on any atom is 0.162 e. The van der Waals surface area contributed by atoms with Crippen molar-refractivity contribution in [3.05, 3.63) is 0 Å². The Labute approximate surface area is 96.0 Å². The monoisotopic (exact) mass is 208 g/mol. The van der Waals surface area contributed by atoms with Crippen LogP contribution >= 0.6 is 0 Å². The summed E-state index contributed by atoms with van der Waals surface area (Å²) in [5.74, 6) is 0. The first-order valence-electron chi connectivity index (χ1n) is 7.36. The molecule has 0 aliphatic rings. The number of ether oxygens (including phenoxy) is 2. The minimum Gasteiger partial charge on any atom is -0.352 e. The summed E-state index contributed by atoms with van der Waals surface area (Å²) in [7, 11) is 0. The maximum atomic E-state index is 7.52. The molecule has 1 unspecified atom stereocenters. The quantitative estimate of drug-likeness (QED) is 0.659. The molecule has 0 aromatic rings. The van der Waals surface area contributed by atoms with Crippen LogP contribution in [0.3, 0.4) is 0 Å². The summed E-state index contributed by atoms with van der Waals surface area (Å²) in [6.45, 7) is 6.15. The Balaban J connectivity index is 4.91. The van der Waals surface area contributed by atoms with Crippen LogP contribution in [0.1, 0.15) is 55.2 Å². The van der Waals surface area contributed by atoms with Crippen molar-refractivity contribution in [1.82, 2.24) is 0 Å². The predicted molar refractivity (Wildman–Crippen MR) is 60.3 cm³/mol. The molecule has 0 heterocycles. The number of rotatable bonds is 4. The van der Waals surface area contributed by atoms with Gasteiger partial charge >= 0.3 is 0 Å². The molecule has 0 aliphatic carbocycles. The van der Waals surface area contributed by atoms with Crippen molar-refractivity contribution in [3.63, 3.8) is 0 Å². The molecule has 0 amide bonds. The van der Waals surface area contributed by atoms with E-state index < -0.39 is 25.1 Å². The Kier molecular flexibility index (Phi) is 2.65. The molecule has 0 aliphatic heterocycles. The molecule has 0 saturated carbocycles. The summed E-state index contributed by atoms with van der Waals surface area (Å²) < 4.78 is 47.2. The zero-order valence-corrected chi connectivity index (χ0v) is 10.1. The van der Waals surface area contributed by atoms with Crippen LogP contribution in [-0.2, 0) is 9.47 Å². The topological polar surface area (TPSA) is 18.5 Å². The van der Waals surface area contributed by atoms with Crippen LogP contribution in [0.4, 0.5) is 0 Å². The zero-order chi connectivity index (χ0) is 15.7. The van der Waals surface area contributed by atoms with Gasteiger partial charge < -0.3 is 9.47 Å². The molecule has 0 aromatic heterocycles. The van der Waals surface area contributed by atoms with Gasteiger partial charge in [0.1, 0.15) is 0 Å². The Morgan fingerprint density at radius 2 is 1.93 bits per heavy atom. The average Bonchev–Trinajstić information content (AvgIpc) is 2.06. The minimum atomic E-state index is -2.85. The largest absolute Gasteiger partial charge is 0.352 e. The van der Waals surface area contributed by atoms with Crippen LogP contribution in [0.15, 0.2) is 0 Å². The third-order valence-corrected chi connectivity index (χ3v) is 1.54. The smallest absolute Gasteiger partial charge is 0.162 e. The Morgan fingerprint density at radius 1 is 1.36 bits per heavy atom. The van der Waals surface area contributed by atoms with Crippen LogP contribution in [-0.4, -0.2) is 19.5 Å². The molecule has 2 nitrogen and oxygen atoms in total. The number of hydrogen-bond donors (Lipinski definition) is 0.